The Morgan fingerprint density at radius 3 is 2.88 bits per heavy atom. The van der Waals surface area contributed by atoms with Crippen molar-refractivity contribution in [2.45, 2.75) is 23.8 Å². The Balaban J connectivity index is 2.13. The maximum Gasteiger partial charge on any atom is 0.410 e. The summed E-state index contributed by atoms with van der Waals surface area (Å²) in [5, 5.41) is 31.6. The molecule has 2 aromatic heterocycles. The Hall–Kier alpha value is -2.08. The number of imidazole rings is 1. The minimum absolute atomic E-state index is 0.0299. The van der Waals surface area contributed by atoms with Crippen LogP contribution < -0.4 is 5.32 Å². The van der Waals surface area contributed by atoms with Gasteiger partial charge in [-0.1, -0.05) is 28.5 Å². The molecule has 10 nitrogen and oxygen atoms in total. The van der Waals surface area contributed by atoms with Crippen LogP contribution in [0.15, 0.2) is 12.7 Å². The van der Waals surface area contributed by atoms with E-state index in [-0.39, 0.29) is 21.4 Å². The van der Waals surface area contributed by atoms with Gasteiger partial charge in [-0.3, -0.25) is 9.88 Å². The fourth-order valence-corrected chi connectivity index (χ4v) is 3.14. The second kappa shape index (κ2) is 6.02. The number of amides is 1. The molecule has 0 radical (unpaired) electrons. The molecule has 1 fully saturated rings. The molecule has 12 heteroatoms. The molecule has 4 atom stereocenters. The average molecular weight is 463 g/mol. The molecule has 4 N–H and O–H groups in total. The van der Waals surface area contributed by atoms with Gasteiger partial charge in [-0.2, -0.15) is 0 Å². The molecule has 0 unspecified atom stereocenters. The first-order valence-electron chi connectivity index (χ1n) is 6.75. The topological polar surface area (TPSA) is 143 Å². The lowest BCUT2D eigenvalue weighted by atomic mass is 9.94. The maximum absolute atomic E-state index is 14.7. The van der Waals surface area contributed by atoms with Gasteiger partial charge in [-0.25, -0.2) is 24.1 Å². The van der Waals surface area contributed by atoms with E-state index in [4.69, 9.17) is 16.3 Å². The number of carbonyl (C=O) groups is 1. The summed E-state index contributed by atoms with van der Waals surface area (Å²) in [4.78, 5) is 22.5. The highest BCUT2D eigenvalue weighted by atomic mass is 127. The molecule has 0 aliphatic carbocycles. The van der Waals surface area contributed by atoms with E-state index in [1.165, 1.54) is 0 Å². The van der Waals surface area contributed by atoms with Gasteiger partial charge in [0.15, 0.2) is 29.3 Å². The number of hydrogen-bond acceptors (Lipinski definition) is 7. The van der Waals surface area contributed by atoms with Crippen molar-refractivity contribution in [3.05, 3.63) is 12.7 Å². The van der Waals surface area contributed by atoms with Crippen molar-refractivity contribution in [3.63, 3.8) is 0 Å². The van der Waals surface area contributed by atoms with Crippen LogP contribution in [0.1, 0.15) is 6.23 Å². The first kappa shape index (κ1) is 17.7. The third kappa shape index (κ3) is 2.59. The number of aliphatic hydroxyl groups excluding tert-OH is 1. The highest BCUT2D eigenvalue weighted by Gasteiger charge is 2.64. The summed E-state index contributed by atoms with van der Waals surface area (Å²) in [6.45, 7) is 0. The highest BCUT2D eigenvalue weighted by molar-refractivity contribution is 14.1. The lowest BCUT2D eigenvalue weighted by Gasteiger charge is -2.26. The van der Waals surface area contributed by atoms with Crippen molar-refractivity contribution in [1.82, 2.24) is 19.5 Å². The summed E-state index contributed by atoms with van der Waals surface area (Å²) in [6.07, 6.45) is 2.57. The fraction of sp³-hybridized carbons (Fsp3) is 0.385. The minimum Gasteiger partial charge on any atom is -0.465 e. The smallest absolute Gasteiger partial charge is 0.410 e. The number of terminal acetylenes is 1. The van der Waals surface area contributed by atoms with Gasteiger partial charge in [0.05, 0.1) is 10.8 Å². The summed E-state index contributed by atoms with van der Waals surface area (Å²) in [5.74, 6) is -0.732. The van der Waals surface area contributed by atoms with Gasteiger partial charge in [0, 0.05) is 0 Å². The number of fused-ring (bicyclic) bond motifs is 1. The number of nitrogens with zero attached hydrogens (tertiary/aromatic N) is 4. The van der Waals surface area contributed by atoms with E-state index in [0.717, 1.165) is 17.2 Å². The summed E-state index contributed by atoms with van der Waals surface area (Å²) >= 11 is 1.65. The molecule has 2 aromatic rings. The zero-order chi connectivity index (χ0) is 18.4. The molecule has 0 bridgehead atoms. The van der Waals surface area contributed by atoms with Crippen LogP contribution in [0.5, 0.6) is 0 Å². The van der Waals surface area contributed by atoms with Gasteiger partial charge in [0.1, 0.15) is 6.33 Å². The zero-order valence-corrected chi connectivity index (χ0v) is 14.5. The van der Waals surface area contributed by atoms with Crippen LogP contribution >= 0.6 is 22.6 Å². The van der Waals surface area contributed by atoms with Crippen molar-refractivity contribution >= 4 is 45.7 Å². The molecule has 132 valence electrons. The van der Waals surface area contributed by atoms with E-state index in [1.807, 2.05) is 11.2 Å². The number of rotatable bonds is 3. The van der Waals surface area contributed by atoms with Gasteiger partial charge in [-0.05, 0) is 0 Å². The predicted molar refractivity (Wildman–Crippen MR) is 89.6 cm³/mol. The van der Waals surface area contributed by atoms with E-state index < -0.39 is 29.9 Å². The van der Waals surface area contributed by atoms with E-state index in [9.17, 15) is 19.4 Å². The standard InChI is InChI=1S/C13H11FIN5O5/c1-2-12(24)9(21)13(14,3-15)25-10(12)20-5-18-6-7(19-11(22)23)16-4-17-8(6)20/h1,4-5,9-10,21,24H,3H2,(H,22,23)(H,16,17,19)/t9-,10+,12+,13+/m0/s1. The molecule has 1 saturated heterocycles. The van der Waals surface area contributed by atoms with Crippen LogP contribution in [0.25, 0.3) is 11.2 Å². The molecule has 25 heavy (non-hydrogen) atoms. The van der Waals surface area contributed by atoms with E-state index in [0.29, 0.717) is 0 Å². The van der Waals surface area contributed by atoms with Gasteiger partial charge in [0.2, 0.25) is 11.5 Å². The Bertz CT molecular complexity index is 887. The number of aliphatic hydroxyl groups is 2. The normalized spacial score (nSPS) is 31.8. The van der Waals surface area contributed by atoms with Crippen molar-refractivity contribution in [1.29, 1.82) is 0 Å². The summed E-state index contributed by atoms with van der Waals surface area (Å²) < 4.78 is 20.7. The van der Waals surface area contributed by atoms with Crippen LogP contribution in [0.2, 0.25) is 0 Å². The summed E-state index contributed by atoms with van der Waals surface area (Å²) in [6, 6.07) is 0. The van der Waals surface area contributed by atoms with Crippen molar-refractivity contribution in [2.75, 3.05) is 9.74 Å². The third-order valence-corrected chi connectivity index (χ3v) is 4.80. The van der Waals surface area contributed by atoms with Crippen molar-refractivity contribution in [2.24, 2.45) is 0 Å². The second-order valence-corrected chi connectivity index (χ2v) is 6.00. The van der Waals surface area contributed by atoms with Crippen LogP contribution in [0.4, 0.5) is 15.0 Å². The van der Waals surface area contributed by atoms with E-state index in [2.05, 4.69) is 15.0 Å². The fourth-order valence-electron chi connectivity index (χ4n) is 2.54. The molecular weight excluding hydrogens is 452 g/mol. The largest absolute Gasteiger partial charge is 0.465 e. The lowest BCUT2D eigenvalue weighted by Crippen LogP contribution is -2.49. The molecule has 3 rings (SSSR count). The number of alkyl halides is 2. The molecule has 3 heterocycles. The SMILES string of the molecule is C#C[C@]1(O)[C@H](n2cnc3c(NC(=O)O)ncnc32)O[C@](F)(CI)[C@H]1O. The Labute approximate surface area is 153 Å². The van der Waals surface area contributed by atoms with Crippen LogP contribution in [-0.2, 0) is 4.74 Å². The number of nitrogens with one attached hydrogen (secondary N) is 1. The Kier molecular flexibility index (Phi) is 4.27. The lowest BCUT2D eigenvalue weighted by molar-refractivity contribution is -0.167. The molecule has 0 spiro atoms. The van der Waals surface area contributed by atoms with Gasteiger partial charge in [0.25, 0.3) is 0 Å². The number of anilines is 1. The number of ether oxygens (including phenoxy) is 1. The van der Waals surface area contributed by atoms with E-state index in [1.54, 1.807) is 22.6 Å². The van der Waals surface area contributed by atoms with Gasteiger partial charge >= 0.3 is 6.09 Å². The number of carboxylic acid groups (broad SMARTS) is 1. The Morgan fingerprint density at radius 1 is 1.56 bits per heavy atom. The molecule has 1 aliphatic heterocycles. The van der Waals surface area contributed by atoms with Crippen molar-refractivity contribution < 1.29 is 29.2 Å². The van der Waals surface area contributed by atoms with Crippen LogP contribution in [-0.4, -0.2) is 62.9 Å². The molecule has 0 aromatic carbocycles. The molecule has 1 aliphatic rings. The van der Waals surface area contributed by atoms with E-state index >= 15 is 0 Å². The zero-order valence-electron chi connectivity index (χ0n) is 12.3. The Morgan fingerprint density at radius 2 is 2.28 bits per heavy atom. The first-order valence-corrected chi connectivity index (χ1v) is 8.27. The molecule has 1 amide bonds. The minimum atomic E-state index is -2.59. The van der Waals surface area contributed by atoms with Crippen LogP contribution in [0, 0.1) is 12.3 Å². The van der Waals surface area contributed by atoms with Crippen molar-refractivity contribution in [3.8, 4) is 12.3 Å². The number of aromatic nitrogens is 4. The highest BCUT2D eigenvalue weighted by Crippen LogP contribution is 2.46. The van der Waals surface area contributed by atoms with Gasteiger partial charge in [-0.15, -0.1) is 6.42 Å². The quantitative estimate of drug-likeness (QED) is 0.289. The molecular formula is C13H11FIN5O5. The summed E-state index contributed by atoms with van der Waals surface area (Å²) in [5.41, 5.74) is -2.32. The maximum atomic E-state index is 14.7. The first-order chi connectivity index (χ1) is 11.8. The number of hydrogen-bond donors (Lipinski definition) is 4. The van der Waals surface area contributed by atoms with Gasteiger partial charge < -0.3 is 20.1 Å². The third-order valence-electron chi connectivity index (χ3n) is 3.76. The number of halogens is 2. The summed E-state index contributed by atoms with van der Waals surface area (Å²) in [7, 11) is 0. The van der Waals surface area contributed by atoms with Crippen LogP contribution in [0.3, 0.4) is 0 Å². The molecule has 0 saturated carbocycles. The average Bonchev–Trinajstić information content (AvgIpc) is 3.09. The predicted octanol–water partition coefficient (Wildman–Crippen LogP) is 0.271. The monoisotopic (exact) mass is 463 g/mol. The second-order valence-electron chi connectivity index (χ2n) is 5.24.